The Balaban J connectivity index is 1.86. The molecule has 5 heteroatoms. The molecule has 0 aromatic heterocycles. The maximum atomic E-state index is 11.0. The van der Waals surface area contributed by atoms with Crippen LogP contribution in [0.2, 0.25) is 0 Å². The molecule has 0 aliphatic rings. The van der Waals surface area contributed by atoms with Crippen LogP contribution < -0.4 is 4.74 Å². The van der Waals surface area contributed by atoms with Crippen LogP contribution in [0.15, 0.2) is 71.2 Å². The summed E-state index contributed by atoms with van der Waals surface area (Å²) in [6.07, 6.45) is 1.80. The molecule has 0 radical (unpaired) electrons. The third-order valence-electron chi connectivity index (χ3n) is 4.35. The Morgan fingerprint density at radius 3 is 2.34 bits per heavy atom. The molecule has 3 aromatic carbocycles. The summed E-state index contributed by atoms with van der Waals surface area (Å²) < 4.78 is 6.83. The molecule has 0 saturated heterocycles. The van der Waals surface area contributed by atoms with Gasteiger partial charge in [-0.3, -0.25) is 0 Å². The van der Waals surface area contributed by atoms with Crippen LogP contribution in [0.3, 0.4) is 0 Å². The fraction of sp³-hybridized carbons (Fsp3) is 0.0833. The lowest BCUT2D eigenvalue weighted by atomic mass is 10.0. The standard InChI is InChI=1S/C24H18BrNO3/c1-16-2-6-18(7-3-16)21(14-26)12-20-13-22(25)10-11-23(20)29-15-17-4-8-19(9-5-17)24(27)28/h2-13H,15H2,1H3,(H,27,28)/b21-12-. The number of ether oxygens (including phenoxy) is 1. The summed E-state index contributed by atoms with van der Waals surface area (Å²) >= 11 is 3.47. The summed E-state index contributed by atoms with van der Waals surface area (Å²) in [4.78, 5) is 11.0. The molecule has 0 atom stereocenters. The van der Waals surface area contributed by atoms with E-state index in [1.54, 1.807) is 30.3 Å². The molecule has 1 N–H and O–H groups in total. The maximum absolute atomic E-state index is 11.0. The number of nitrogens with zero attached hydrogens (tertiary/aromatic N) is 1. The van der Waals surface area contributed by atoms with Gasteiger partial charge in [0.25, 0.3) is 0 Å². The predicted molar refractivity (Wildman–Crippen MR) is 117 cm³/mol. The Morgan fingerprint density at radius 1 is 1.07 bits per heavy atom. The number of carbonyl (C=O) groups is 1. The lowest BCUT2D eigenvalue weighted by Gasteiger charge is -2.11. The van der Waals surface area contributed by atoms with Gasteiger partial charge in [-0.25, -0.2) is 4.79 Å². The van der Waals surface area contributed by atoms with Crippen LogP contribution in [0.1, 0.15) is 32.6 Å². The van der Waals surface area contributed by atoms with Crippen molar-refractivity contribution < 1.29 is 14.6 Å². The molecule has 29 heavy (non-hydrogen) atoms. The highest BCUT2D eigenvalue weighted by Crippen LogP contribution is 2.28. The van der Waals surface area contributed by atoms with Gasteiger partial charge < -0.3 is 9.84 Å². The van der Waals surface area contributed by atoms with Crippen molar-refractivity contribution in [3.05, 3.63) is 99.0 Å². The van der Waals surface area contributed by atoms with Gasteiger partial charge in [0.15, 0.2) is 0 Å². The van der Waals surface area contributed by atoms with Crippen molar-refractivity contribution in [3.8, 4) is 11.8 Å². The molecule has 0 amide bonds. The number of allylic oxidation sites excluding steroid dienone is 1. The molecule has 144 valence electrons. The zero-order chi connectivity index (χ0) is 20.8. The number of benzene rings is 3. The number of hydrogen-bond acceptors (Lipinski definition) is 3. The molecule has 0 spiro atoms. The van der Waals surface area contributed by atoms with E-state index >= 15 is 0 Å². The Kier molecular flexibility index (Phi) is 6.48. The van der Waals surface area contributed by atoms with Gasteiger partial charge in [-0.15, -0.1) is 0 Å². The van der Waals surface area contributed by atoms with Gasteiger partial charge in [-0.1, -0.05) is 57.9 Å². The smallest absolute Gasteiger partial charge is 0.335 e. The minimum atomic E-state index is -0.960. The van der Waals surface area contributed by atoms with E-state index in [4.69, 9.17) is 9.84 Å². The van der Waals surface area contributed by atoms with Gasteiger partial charge >= 0.3 is 5.97 Å². The average Bonchev–Trinajstić information content (AvgIpc) is 2.72. The predicted octanol–water partition coefficient (Wildman–Crippen LogP) is 6.10. The van der Waals surface area contributed by atoms with Crippen LogP contribution in [0.25, 0.3) is 11.6 Å². The van der Waals surface area contributed by atoms with E-state index in [0.29, 0.717) is 11.3 Å². The second-order valence-electron chi connectivity index (χ2n) is 6.51. The second-order valence-corrected chi connectivity index (χ2v) is 7.42. The third kappa shape index (κ3) is 5.34. The van der Waals surface area contributed by atoms with Crippen molar-refractivity contribution >= 4 is 33.5 Å². The summed E-state index contributed by atoms with van der Waals surface area (Å²) in [6.45, 7) is 2.29. The normalized spacial score (nSPS) is 11.0. The molecular weight excluding hydrogens is 430 g/mol. The summed E-state index contributed by atoms with van der Waals surface area (Å²) in [6, 6.07) is 22.2. The SMILES string of the molecule is Cc1ccc(/C(C#N)=C\c2cc(Br)ccc2OCc2ccc(C(=O)O)cc2)cc1. The Bertz CT molecular complexity index is 1090. The van der Waals surface area contributed by atoms with Crippen molar-refractivity contribution in [3.63, 3.8) is 0 Å². The van der Waals surface area contributed by atoms with Crippen LogP contribution in [0.4, 0.5) is 0 Å². The first-order valence-electron chi connectivity index (χ1n) is 8.89. The molecular formula is C24H18BrNO3. The van der Waals surface area contributed by atoms with E-state index in [2.05, 4.69) is 22.0 Å². The molecule has 3 rings (SSSR count). The molecule has 0 aliphatic carbocycles. The zero-order valence-electron chi connectivity index (χ0n) is 15.7. The van der Waals surface area contributed by atoms with Crippen LogP contribution >= 0.6 is 15.9 Å². The summed E-state index contributed by atoms with van der Waals surface area (Å²) in [5, 5.41) is 18.6. The number of aromatic carboxylic acids is 1. The van der Waals surface area contributed by atoms with E-state index in [1.807, 2.05) is 49.4 Å². The zero-order valence-corrected chi connectivity index (χ0v) is 17.3. The lowest BCUT2D eigenvalue weighted by Crippen LogP contribution is -2.00. The van der Waals surface area contributed by atoms with Gasteiger partial charge in [0.05, 0.1) is 17.2 Å². The number of carboxylic acids is 1. The molecule has 3 aromatic rings. The molecule has 0 aliphatic heterocycles. The topological polar surface area (TPSA) is 70.3 Å². The molecule has 0 unspecified atom stereocenters. The van der Waals surface area contributed by atoms with Crippen LogP contribution in [0.5, 0.6) is 5.75 Å². The van der Waals surface area contributed by atoms with Crippen molar-refractivity contribution in [1.82, 2.24) is 0 Å². The fourth-order valence-corrected chi connectivity index (χ4v) is 3.12. The fourth-order valence-electron chi connectivity index (χ4n) is 2.74. The van der Waals surface area contributed by atoms with Crippen LogP contribution in [0, 0.1) is 18.3 Å². The van der Waals surface area contributed by atoms with Gasteiger partial charge in [0, 0.05) is 10.0 Å². The number of halogens is 1. The van der Waals surface area contributed by atoms with Gasteiger partial charge in [0.1, 0.15) is 12.4 Å². The first-order chi connectivity index (χ1) is 14.0. The van der Waals surface area contributed by atoms with Crippen molar-refractivity contribution in [2.45, 2.75) is 13.5 Å². The Labute approximate surface area is 177 Å². The van der Waals surface area contributed by atoms with Crippen LogP contribution in [-0.4, -0.2) is 11.1 Å². The minimum absolute atomic E-state index is 0.234. The highest BCUT2D eigenvalue weighted by Gasteiger charge is 2.08. The number of hydrogen-bond donors (Lipinski definition) is 1. The van der Waals surface area contributed by atoms with Gasteiger partial charge in [0.2, 0.25) is 0 Å². The molecule has 4 nitrogen and oxygen atoms in total. The highest BCUT2D eigenvalue weighted by molar-refractivity contribution is 9.10. The summed E-state index contributed by atoms with van der Waals surface area (Å²) in [5.41, 5.74) is 4.38. The van der Waals surface area contributed by atoms with E-state index in [-0.39, 0.29) is 12.2 Å². The Morgan fingerprint density at radius 2 is 1.72 bits per heavy atom. The average molecular weight is 448 g/mol. The maximum Gasteiger partial charge on any atom is 0.335 e. The number of rotatable bonds is 6. The van der Waals surface area contributed by atoms with E-state index in [1.165, 1.54) is 0 Å². The third-order valence-corrected chi connectivity index (χ3v) is 4.84. The minimum Gasteiger partial charge on any atom is -0.488 e. The quantitative estimate of drug-likeness (QED) is 0.366. The molecule has 0 heterocycles. The number of nitriles is 1. The Hall–Kier alpha value is -3.36. The monoisotopic (exact) mass is 447 g/mol. The van der Waals surface area contributed by atoms with Crippen LogP contribution in [-0.2, 0) is 6.61 Å². The van der Waals surface area contributed by atoms with E-state index in [0.717, 1.165) is 26.7 Å². The number of aryl methyl sites for hydroxylation is 1. The highest BCUT2D eigenvalue weighted by atomic mass is 79.9. The van der Waals surface area contributed by atoms with Gasteiger partial charge in [-0.05, 0) is 54.5 Å². The van der Waals surface area contributed by atoms with E-state index < -0.39 is 5.97 Å². The van der Waals surface area contributed by atoms with Crippen molar-refractivity contribution in [2.75, 3.05) is 0 Å². The van der Waals surface area contributed by atoms with Crippen molar-refractivity contribution in [2.24, 2.45) is 0 Å². The van der Waals surface area contributed by atoms with E-state index in [9.17, 15) is 10.1 Å². The molecule has 0 fully saturated rings. The first-order valence-corrected chi connectivity index (χ1v) is 9.69. The second kappa shape index (κ2) is 9.22. The first kappa shape index (κ1) is 20.4. The summed E-state index contributed by atoms with van der Waals surface area (Å²) in [5.74, 6) is -0.326. The largest absolute Gasteiger partial charge is 0.488 e. The molecule has 0 saturated carbocycles. The number of carboxylic acid groups (broad SMARTS) is 1. The summed E-state index contributed by atoms with van der Waals surface area (Å²) in [7, 11) is 0. The van der Waals surface area contributed by atoms with Gasteiger partial charge in [-0.2, -0.15) is 5.26 Å². The molecule has 0 bridgehead atoms. The lowest BCUT2D eigenvalue weighted by molar-refractivity contribution is 0.0697. The van der Waals surface area contributed by atoms with Crippen molar-refractivity contribution in [1.29, 1.82) is 5.26 Å².